The minimum Gasteiger partial charge on any atom is -0.378 e. The molecule has 0 aliphatic rings. The maximum atomic E-state index is 12.0. The van der Waals surface area contributed by atoms with Crippen molar-refractivity contribution in [3.63, 3.8) is 0 Å². The van der Waals surface area contributed by atoms with Gasteiger partial charge >= 0.3 is 6.03 Å². The largest absolute Gasteiger partial charge is 0.378 e. The van der Waals surface area contributed by atoms with Gasteiger partial charge in [0.1, 0.15) is 5.82 Å². The summed E-state index contributed by atoms with van der Waals surface area (Å²) in [6.45, 7) is 0. The van der Waals surface area contributed by atoms with Crippen LogP contribution in [0.15, 0.2) is 72.9 Å². The number of hydrogen-bond donors (Lipinski definition) is 2. The highest BCUT2D eigenvalue weighted by Crippen LogP contribution is 2.25. The van der Waals surface area contributed by atoms with Crippen LogP contribution in [0.5, 0.6) is 0 Å². The van der Waals surface area contributed by atoms with Gasteiger partial charge in [-0.3, -0.25) is 5.32 Å². The first-order chi connectivity index (χ1) is 12.1. The summed E-state index contributed by atoms with van der Waals surface area (Å²) in [4.78, 5) is 18.1. The third-order valence-corrected chi connectivity index (χ3v) is 3.75. The van der Waals surface area contributed by atoms with Gasteiger partial charge in [0.15, 0.2) is 0 Å². The highest BCUT2D eigenvalue weighted by molar-refractivity contribution is 5.99. The van der Waals surface area contributed by atoms with Crippen LogP contribution in [-0.4, -0.2) is 25.1 Å². The standard InChI is InChI=1S/C20H20N4O/c1-24(2)18-7-5-6-16(14-18)15-9-11-17(12-10-15)22-20(25)23-19-8-3-4-13-21-19/h3-14H,1-2H3,(H2,21,22,23,25). The summed E-state index contributed by atoms with van der Waals surface area (Å²) < 4.78 is 0. The monoisotopic (exact) mass is 332 g/mol. The van der Waals surface area contributed by atoms with E-state index in [1.54, 1.807) is 18.3 Å². The fraction of sp³-hybridized carbons (Fsp3) is 0.100. The predicted octanol–water partition coefficient (Wildman–Crippen LogP) is 4.46. The topological polar surface area (TPSA) is 57.3 Å². The maximum Gasteiger partial charge on any atom is 0.324 e. The SMILES string of the molecule is CN(C)c1cccc(-c2ccc(NC(=O)Nc3ccccn3)cc2)c1. The predicted molar refractivity (Wildman–Crippen MR) is 103 cm³/mol. The molecule has 2 aromatic carbocycles. The molecule has 2 amide bonds. The number of anilines is 3. The molecule has 5 nitrogen and oxygen atoms in total. The van der Waals surface area contributed by atoms with E-state index in [9.17, 15) is 4.79 Å². The van der Waals surface area contributed by atoms with E-state index < -0.39 is 0 Å². The second-order valence-corrected chi connectivity index (χ2v) is 5.82. The maximum absolute atomic E-state index is 12.0. The Morgan fingerprint density at radius 2 is 1.68 bits per heavy atom. The normalized spacial score (nSPS) is 10.2. The lowest BCUT2D eigenvalue weighted by Gasteiger charge is -2.14. The number of carbonyl (C=O) groups is 1. The fourth-order valence-corrected chi connectivity index (χ4v) is 2.43. The van der Waals surface area contributed by atoms with Crippen LogP contribution in [0.4, 0.5) is 22.0 Å². The van der Waals surface area contributed by atoms with E-state index in [-0.39, 0.29) is 6.03 Å². The molecule has 1 heterocycles. The van der Waals surface area contributed by atoms with E-state index in [0.29, 0.717) is 5.82 Å². The number of urea groups is 1. The molecule has 0 unspecified atom stereocenters. The molecule has 0 saturated heterocycles. The molecular weight excluding hydrogens is 312 g/mol. The molecule has 0 aliphatic heterocycles. The Kier molecular flexibility index (Phi) is 4.95. The molecule has 0 atom stereocenters. The first-order valence-electron chi connectivity index (χ1n) is 7.99. The summed E-state index contributed by atoms with van der Waals surface area (Å²) in [5.74, 6) is 0.511. The molecule has 25 heavy (non-hydrogen) atoms. The molecule has 0 saturated carbocycles. The van der Waals surface area contributed by atoms with Gasteiger partial charge in [-0.2, -0.15) is 0 Å². The molecule has 2 N–H and O–H groups in total. The van der Waals surface area contributed by atoms with E-state index in [1.807, 2.05) is 50.5 Å². The third-order valence-electron chi connectivity index (χ3n) is 3.75. The molecule has 3 aromatic rings. The quantitative estimate of drug-likeness (QED) is 0.742. The van der Waals surface area contributed by atoms with Crippen LogP contribution in [0.3, 0.4) is 0 Å². The summed E-state index contributed by atoms with van der Waals surface area (Å²) in [7, 11) is 4.04. The van der Waals surface area contributed by atoms with Crippen molar-refractivity contribution in [1.29, 1.82) is 0 Å². The van der Waals surface area contributed by atoms with Crippen LogP contribution in [0.1, 0.15) is 0 Å². The number of carbonyl (C=O) groups excluding carboxylic acids is 1. The van der Waals surface area contributed by atoms with Gasteiger partial charge < -0.3 is 10.2 Å². The number of rotatable bonds is 4. The smallest absolute Gasteiger partial charge is 0.324 e. The lowest BCUT2D eigenvalue weighted by molar-refractivity contribution is 0.262. The molecule has 126 valence electrons. The van der Waals surface area contributed by atoms with E-state index in [1.165, 1.54) is 0 Å². The average Bonchev–Trinajstić information content (AvgIpc) is 2.63. The lowest BCUT2D eigenvalue weighted by Crippen LogP contribution is -2.19. The Hall–Kier alpha value is -3.34. The number of benzene rings is 2. The van der Waals surface area contributed by atoms with Crippen LogP contribution in [0.2, 0.25) is 0 Å². The van der Waals surface area contributed by atoms with Crippen LogP contribution in [-0.2, 0) is 0 Å². The molecule has 0 bridgehead atoms. The van der Waals surface area contributed by atoms with Crippen LogP contribution in [0.25, 0.3) is 11.1 Å². The van der Waals surface area contributed by atoms with Crippen molar-refractivity contribution >= 4 is 23.2 Å². The summed E-state index contributed by atoms with van der Waals surface area (Å²) in [6.07, 6.45) is 1.63. The number of nitrogens with one attached hydrogen (secondary N) is 2. The highest BCUT2D eigenvalue weighted by Gasteiger charge is 2.04. The fourth-order valence-electron chi connectivity index (χ4n) is 2.43. The minimum absolute atomic E-state index is 0.318. The van der Waals surface area contributed by atoms with Gasteiger partial charge in [0.2, 0.25) is 0 Å². The van der Waals surface area contributed by atoms with Gasteiger partial charge in [-0.1, -0.05) is 30.3 Å². The van der Waals surface area contributed by atoms with Gasteiger partial charge in [-0.05, 0) is 47.5 Å². The van der Waals surface area contributed by atoms with Crippen molar-refractivity contribution in [2.75, 3.05) is 29.6 Å². The minimum atomic E-state index is -0.318. The Labute approximate surface area is 147 Å². The van der Waals surface area contributed by atoms with Crippen LogP contribution < -0.4 is 15.5 Å². The zero-order chi connectivity index (χ0) is 17.6. The van der Waals surface area contributed by atoms with Gasteiger partial charge in [0.25, 0.3) is 0 Å². The summed E-state index contributed by atoms with van der Waals surface area (Å²) in [5.41, 5.74) is 4.10. The summed E-state index contributed by atoms with van der Waals surface area (Å²) >= 11 is 0. The van der Waals surface area contributed by atoms with Gasteiger partial charge in [0.05, 0.1) is 0 Å². The number of nitrogens with zero attached hydrogens (tertiary/aromatic N) is 2. The number of amides is 2. The van der Waals surface area contributed by atoms with Gasteiger partial charge in [-0.15, -0.1) is 0 Å². The number of aromatic nitrogens is 1. The molecule has 0 aliphatic carbocycles. The second-order valence-electron chi connectivity index (χ2n) is 5.82. The summed E-state index contributed by atoms with van der Waals surface area (Å²) in [6, 6.07) is 21.1. The number of hydrogen-bond acceptors (Lipinski definition) is 3. The van der Waals surface area contributed by atoms with Crippen molar-refractivity contribution in [1.82, 2.24) is 4.98 Å². The van der Waals surface area contributed by atoms with Crippen LogP contribution >= 0.6 is 0 Å². The van der Waals surface area contributed by atoms with Crippen molar-refractivity contribution in [3.05, 3.63) is 72.9 Å². The molecule has 0 spiro atoms. The van der Waals surface area contributed by atoms with E-state index in [2.05, 4.69) is 38.7 Å². The second kappa shape index (κ2) is 7.49. The van der Waals surface area contributed by atoms with E-state index >= 15 is 0 Å². The van der Waals surface area contributed by atoms with Crippen molar-refractivity contribution in [2.45, 2.75) is 0 Å². The Morgan fingerprint density at radius 1 is 0.880 bits per heavy atom. The molecule has 3 rings (SSSR count). The molecule has 0 radical (unpaired) electrons. The van der Waals surface area contributed by atoms with Crippen LogP contribution in [0, 0.1) is 0 Å². The molecule has 0 fully saturated rings. The Bertz CT molecular complexity index is 845. The molecular formula is C20H20N4O. The van der Waals surface area contributed by atoms with Gasteiger partial charge in [-0.25, -0.2) is 9.78 Å². The average molecular weight is 332 g/mol. The van der Waals surface area contributed by atoms with E-state index in [4.69, 9.17) is 0 Å². The molecule has 5 heteroatoms. The summed E-state index contributed by atoms with van der Waals surface area (Å²) in [5, 5.41) is 5.49. The first kappa shape index (κ1) is 16.5. The van der Waals surface area contributed by atoms with E-state index in [0.717, 1.165) is 22.5 Å². The Morgan fingerprint density at radius 3 is 2.36 bits per heavy atom. The zero-order valence-corrected chi connectivity index (χ0v) is 14.2. The van der Waals surface area contributed by atoms with Crippen molar-refractivity contribution in [3.8, 4) is 11.1 Å². The molecule has 1 aromatic heterocycles. The first-order valence-corrected chi connectivity index (χ1v) is 7.99. The third kappa shape index (κ3) is 4.35. The van der Waals surface area contributed by atoms with Crippen molar-refractivity contribution in [2.24, 2.45) is 0 Å². The Balaban J connectivity index is 1.68. The zero-order valence-electron chi connectivity index (χ0n) is 14.2. The highest BCUT2D eigenvalue weighted by atomic mass is 16.2. The van der Waals surface area contributed by atoms with Crippen molar-refractivity contribution < 1.29 is 4.79 Å². The lowest BCUT2D eigenvalue weighted by atomic mass is 10.0. The number of pyridine rings is 1. The van der Waals surface area contributed by atoms with Gasteiger partial charge in [0, 0.05) is 31.7 Å².